The van der Waals surface area contributed by atoms with Gasteiger partial charge in [-0.05, 0) is 15.0 Å². The summed E-state index contributed by atoms with van der Waals surface area (Å²) in [5, 5.41) is 0. The molecule has 12 heavy (non-hydrogen) atoms. The van der Waals surface area contributed by atoms with E-state index in [1.165, 1.54) is 0 Å². The van der Waals surface area contributed by atoms with Crippen molar-refractivity contribution in [3.05, 3.63) is 0 Å². The summed E-state index contributed by atoms with van der Waals surface area (Å²) < 4.78 is 45.6. The fourth-order valence-corrected chi connectivity index (χ4v) is 5.08. The molecule has 1 aliphatic heterocycles. The van der Waals surface area contributed by atoms with Gasteiger partial charge in [0, 0.05) is 9.13 Å². The Morgan fingerprint density at radius 1 is 1.25 bits per heavy atom. The van der Waals surface area contributed by atoms with Crippen LogP contribution < -0.4 is 0 Å². The predicted octanol–water partition coefficient (Wildman–Crippen LogP) is 2.97. The van der Waals surface area contributed by atoms with Crippen LogP contribution in [0.3, 0.4) is 0 Å². The van der Waals surface area contributed by atoms with E-state index in [-0.39, 0.29) is 6.16 Å². The van der Waals surface area contributed by atoms with Gasteiger partial charge in [0.05, 0.1) is 6.16 Å². The fraction of sp³-hybridized carbons (Fsp3) is 1.00. The molecule has 0 aromatic rings. The van der Waals surface area contributed by atoms with Crippen LogP contribution in [0.2, 0.25) is 0 Å². The first kappa shape index (κ1) is 10.4. The van der Waals surface area contributed by atoms with Crippen molar-refractivity contribution in [1.82, 2.24) is 0 Å². The van der Waals surface area contributed by atoms with Crippen LogP contribution in [0.15, 0.2) is 0 Å². The molecule has 2 unspecified atom stereocenters. The Balaban J connectivity index is 2.72. The van der Waals surface area contributed by atoms with Gasteiger partial charge in [-0.25, -0.2) is 0 Å². The normalized spacial score (nSPS) is 36.8. The zero-order valence-electron chi connectivity index (χ0n) is 6.21. The van der Waals surface area contributed by atoms with Crippen molar-refractivity contribution in [3.63, 3.8) is 0 Å². The lowest BCUT2D eigenvalue weighted by Gasteiger charge is -2.02. The lowest BCUT2D eigenvalue weighted by molar-refractivity contribution is 0.307. The molecule has 1 heterocycles. The SMILES string of the molecule is CCCP1(=O)O[P+](=O)O[P+](=O)O1. The summed E-state index contributed by atoms with van der Waals surface area (Å²) in [5.74, 6) is 0. The highest BCUT2D eigenvalue weighted by Crippen LogP contribution is 2.68. The summed E-state index contributed by atoms with van der Waals surface area (Å²) in [4.78, 5) is 0. The molecule has 0 aromatic carbocycles. The first-order valence-corrected chi connectivity index (χ1v) is 7.09. The zero-order valence-corrected chi connectivity index (χ0v) is 8.89. The first-order chi connectivity index (χ1) is 5.56. The van der Waals surface area contributed by atoms with E-state index in [0.717, 1.165) is 0 Å². The molecule has 0 radical (unpaired) electrons. The third-order valence-electron chi connectivity index (χ3n) is 1.01. The van der Waals surface area contributed by atoms with Crippen molar-refractivity contribution in [3.8, 4) is 0 Å². The molecule has 2 atom stereocenters. The van der Waals surface area contributed by atoms with Gasteiger partial charge in [-0.15, -0.1) is 0 Å². The van der Waals surface area contributed by atoms with Crippen molar-refractivity contribution < 1.29 is 26.6 Å². The smallest absolute Gasteiger partial charge is 0.252 e. The molecule has 0 saturated carbocycles. The molecule has 1 saturated heterocycles. The quantitative estimate of drug-likeness (QED) is 0.680. The number of hydrogen-bond acceptors (Lipinski definition) is 6. The Morgan fingerprint density at radius 3 is 2.17 bits per heavy atom. The van der Waals surface area contributed by atoms with Gasteiger partial charge < -0.3 is 0 Å². The van der Waals surface area contributed by atoms with E-state index in [2.05, 4.69) is 12.9 Å². The van der Waals surface area contributed by atoms with E-state index in [1.807, 2.05) is 0 Å². The lowest BCUT2D eigenvalue weighted by atomic mass is 10.6. The molecular weight excluding hydrogens is 225 g/mol. The van der Waals surface area contributed by atoms with Crippen molar-refractivity contribution in [1.29, 1.82) is 0 Å². The van der Waals surface area contributed by atoms with Gasteiger partial charge in [0.1, 0.15) is 0 Å². The summed E-state index contributed by atoms with van der Waals surface area (Å²) in [7, 11) is -8.52. The molecule has 0 N–H and O–H groups in total. The molecule has 1 rings (SSSR count). The number of rotatable bonds is 2. The van der Waals surface area contributed by atoms with Gasteiger partial charge in [-0.1, -0.05) is 6.92 Å². The van der Waals surface area contributed by atoms with Crippen LogP contribution >= 0.6 is 24.1 Å². The van der Waals surface area contributed by atoms with E-state index in [1.54, 1.807) is 6.92 Å². The molecule has 0 aromatic heterocycles. The van der Waals surface area contributed by atoms with Crippen molar-refractivity contribution in [2.75, 3.05) is 6.16 Å². The molecule has 1 fully saturated rings. The summed E-state index contributed by atoms with van der Waals surface area (Å²) in [6.07, 6.45) is 0.627. The van der Waals surface area contributed by atoms with Crippen LogP contribution in [-0.2, 0) is 26.6 Å². The molecule has 9 heteroatoms. The molecule has 6 nitrogen and oxygen atoms in total. The first-order valence-electron chi connectivity index (χ1n) is 3.17. The summed E-state index contributed by atoms with van der Waals surface area (Å²) in [5.41, 5.74) is 0. The van der Waals surface area contributed by atoms with Crippen LogP contribution in [-0.4, -0.2) is 6.16 Å². The molecule has 68 valence electrons. The maximum absolute atomic E-state index is 11.4. The van der Waals surface area contributed by atoms with E-state index in [0.29, 0.717) is 6.42 Å². The van der Waals surface area contributed by atoms with Crippen molar-refractivity contribution >= 4 is 24.1 Å². The fourth-order valence-electron chi connectivity index (χ4n) is 0.658. The third-order valence-corrected chi connectivity index (χ3v) is 6.13. The van der Waals surface area contributed by atoms with Gasteiger partial charge in [-0.3, -0.25) is 4.57 Å². The Bertz CT molecular complexity index is 241. The highest BCUT2D eigenvalue weighted by Gasteiger charge is 2.58. The molecule has 0 amide bonds. The second kappa shape index (κ2) is 4.01. The lowest BCUT2D eigenvalue weighted by Crippen LogP contribution is -1.95. The van der Waals surface area contributed by atoms with Gasteiger partial charge >= 0.3 is 24.1 Å². The Labute approximate surface area is 71.0 Å². The zero-order chi connectivity index (χ0) is 9.19. The average Bonchev–Trinajstić information content (AvgIpc) is 1.82. The minimum absolute atomic E-state index is 0.0957. The van der Waals surface area contributed by atoms with Crippen LogP contribution in [0.25, 0.3) is 0 Å². The highest BCUT2D eigenvalue weighted by molar-refractivity contribution is 7.69. The van der Waals surface area contributed by atoms with Crippen molar-refractivity contribution in [2.24, 2.45) is 0 Å². The summed E-state index contributed by atoms with van der Waals surface area (Å²) in [6.45, 7) is 1.75. The molecule has 0 aliphatic carbocycles. The molecule has 0 spiro atoms. The van der Waals surface area contributed by atoms with E-state index in [4.69, 9.17) is 0 Å². The summed E-state index contributed by atoms with van der Waals surface area (Å²) >= 11 is 0. The molecule has 1 aliphatic rings. The maximum atomic E-state index is 11.4. The van der Waals surface area contributed by atoms with E-state index >= 15 is 0 Å². The standard InChI is InChI=1S/C3H7O6P3/c1-2-3-12(6)8-10(4)7-11(5)9-12/h2-3H2,1H3/q+2. The Kier molecular flexibility index (Phi) is 3.47. The van der Waals surface area contributed by atoms with Crippen LogP contribution in [0.5, 0.6) is 0 Å². The largest absolute Gasteiger partial charge is 0.756 e. The van der Waals surface area contributed by atoms with E-state index < -0.39 is 24.1 Å². The second-order valence-electron chi connectivity index (χ2n) is 2.03. The summed E-state index contributed by atoms with van der Waals surface area (Å²) in [6, 6.07) is 0. The number of hydrogen-bond donors (Lipinski definition) is 0. The van der Waals surface area contributed by atoms with Gasteiger partial charge in [0.25, 0.3) is 0 Å². The van der Waals surface area contributed by atoms with Gasteiger partial charge in [-0.2, -0.15) is 0 Å². The average molecular weight is 232 g/mol. The maximum Gasteiger partial charge on any atom is 0.756 e. The Hall–Kier alpha value is 0.310. The third kappa shape index (κ3) is 2.67. The van der Waals surface area contributed by atoms with Crippen molar-refractivity contribution in [2.45, 2.75) is 13.3 Å². The monoisotopic (exact) mass is 232 g/mol. The van der Waals surface area contributed by atoms with Crippen LogP contribution in [0, 0.1) is 0 Å². The Morgan fingerprint density at radius 2 is 1.75 bits per heavy atom. The minimum Gasteiger partial charge on any atom is -0.252 e. The van der Waals surface area contributed by atoms with E-state index in [9.17, 15) is 13.7 Å². The van der Waals surface area contributed by atoms with Gasteiger partial charge in [0.15, 0.2) is 4.31 Å². The molecule has 0 bridgehead atoms. The second-order valence-corrected chi connectivity index (χ2v) is 6.55. The van der Waals surface area contributed by atoms with Crippen LogP contribution in [0.1, 0.15) is 13.3 Å². The minimum atomic E-state index is -3.42. The van der Waals surface area contributed by atoms with Gasteiger partial charge in [0.2, 0.25) is 0 Å². The predicted molar refractivity (Wildman–Crippen MR) is 41.2 cm³/mol. The topological polar surface area (TPSA) is 78.9 Å². The molecular formula is C3H7O6P3+2. The highest BCUT2D eigenvalue weighted by atomic mass is 31.3. The van der Waals surface area contributed by atoms with Crippen LogP contribution in [0.4, 0.5) is 0 Å².